The van der Waals surface area contributed by atoms with Gasteiger partial charge in [0.15, 0.2) is 11.5 Å². The zero-order valence-electron chi connectivity index (χ0n) is 16.6. The van der Waals surface area contributed by atoms with Crippen molar-refractivity contribution in [1.29, 1.82) is 0 Å². The van der Waals surface area contributed by atoms with Gasteiger partial charge >= 0.3 is 0 Å². The van der Waals surface area contributed by atoms with Gasteiger partial charge in [0.1, 0.15) is 11.8 Å². The predicted molar refractivity (Wildman–Crippen MR) is 108 cm³/mol. The minimum Gasteiger partial charge on any atom is -0.497 e. The maximum Gasteiger partial charge on any atom is 0.262 e. The molecule has 2 aromatic rings. The van der Waals surface area contributed by atoms with Crippen LogP contribution in [0.15, 0.2) is 41.5 Å². The second kappa shape index (κ2) is 10.1. The van der Waals surface area contributed by atoms with Crippen molar-refractivity contribution >= 4 is 17.8 Å². The Labute approximate surface area is 164 Å². The van der Waals surface area contributed by atoms with E-state index in [1.165, 1.54) is 27.5 Å². The van der Waals surface area contributed by atoms with Crippen LogP contribution in [0.4, 0.5) is 5.69 Å². The fraction of sp³-hybridized carbons (Fsp3) is 0.300. The zero-order valence-corrected chi connectivity index (χ0v) is 16.6. The highest BCUT2D eigenvalue weighted by Crippen LogP contribution is 2.37. The second-order valence-corrected chi connectivity index (χ2v) is 5.79. The molecule has 0 spiro atoms. The molecule has 2 N–H and O–H groups in total. The summed E-state index contributed by atoms with van der Waals surface area (Å²) in [6, 6.07) is 10.3. The van der Waals surface area contributed by atoms with Crippen LogP contribution in [0.5, 0.6) is 23.0 Å². The fourth-order valence-corrected chi connectivity index (χ4v) is 2.45. The smallest absolute Gasteiger partial charge is 0.262 e. The predicted octanol–water partition coefficient (Wildman–Crippen LogP) is 2.67. The topological polar surface area (TPSA) is 90.4 Å². The Kier molecular flexibility index (Phi) is 7.50. The van der Waals surface area contributed by atoms with Gasteiger partial charge in [0.25, 0.3) is 5.91 Å². The van der Waals surface area contributed by atoms with E-state index in [0.717, 1.165) is 11.4 Å². The average Bonchev–Trinajstić information content (AvgIpc) is 2.73. The number of anilines is 1. The highest BCUT2D eigenvalue weighted by atomic mass is 16.5. The first-order chi connectivity index (χ1) is 13.5. The molecule has 8 nitrogen and oxygen atoms in total. The zero-order chi connectivity index (χ0) is 20.5. The number of hydrogen-bond acceptors (Lipinski definition) is 7. The Morgan fingerprint density at radius 3 is 2.07 bits per heavy atom. The molecule has 0 heterocycles. The van der Waals surface area contributed by atoms with Crippen LogP contribution in [0.25, 0.3) is 0 Å². The summed E-state index contributed by atoms with van der Waals surface area (Å²) in [5.74, 6) is 1.97. The van der Waals surface area contributed by atoms with Crippen LogP contribution in [0, 0.1) is 0 Å². The van der Waals surface area contributed by atoms with E-state index in [1.807, 2.05) is 24.3 Å². The first kappa shape index (κ1) is 20.9. The summed E-state index contributed by atoms with van der Waals surface area (Å²) >= 11 is 0. The normalized spacial score (nSPS) is 11.6. The van der Waals surface area contributed by atoms with Crippen molar-refractivity contribution in [3.8, 4) is 23.0 Å². The first-order valence-electron chi connectivity index (χ1n) is 8.55. The molecule has 0 unspecified atom stereocenters. The summed E-state index contributed by atoms with van der Waals surface area (Å²) < 4.78 is 21.0. The molecule has 28 heavy (non-hydrogen) atoms. The Balaban J connectivity index is 2.00. The highest BCUT2D eigenvalue weighted by Gasteiger charge is 2.13. The molecule has 0 aliphatic carbocycles. The molecule has 0 saturated carbocycles. The molecular formula is C20H25N3O5. The molecule has 0 bridgehead atoms. The Morgan fingerprint density at radius 1 is 0.964 bits per heavy atom. The summed E-state index contributed by atoms with van der Waals surface area (Å²) in [5.41, 5.74) is 4.00. The van der Waals surface area contributed by atoms with Crippen molar-refractivity contribution in [2.24, 2.45) is 5.10 Å². The van der Waals surface area contributed by atoms with Crippen molar-refractivity contribution in [3.63, 3.8) is 0 Å². The maximum atomic E-state index is 12.2. The average molecular weight is 387 g/mol. The Morgan fingerprint density at radius 2 is 1.57 bits per heavy atom. The van der Waals surface area contributed by atoms with Gasteiger partial charge in [0.05, 0.1) is 34.7 Å². The van der Waals surface area contributed by atoms with E-state index in [-0.39, 0.29) is 5.91 Å². The van der Waals surface area contributed by atoms with Gasteiger partial charge in [-0.25, -0.2) is 5.43 Å². The quantitative estimate of drug-likeness (QED) is 0.508. The van der Waals surface area contributed by atoms with E-state index in [0.29, 0.717) is 22.8 Å². The maximum absolute atomic E-state index is 12.2. The molecule has 2 rings (SSSR count). The lowest BCUT2D eigenvalue weighted by Gasteiger charge is -2.14. The number of carbonyl (C=O) groups excluding carboxylic acids is 1. The lowest BCUT2D eigenvalue weighted by atomic mass is 10.2. The number of nitrogens with one attached hydrogen (secondary N) is 2. The van der Waals surface area contributed by atoms with Gasteiger partial charge in [-0.15, -0.1) is 0 Å². The summed E-state index contributed by atoms with van der Waals surface area (Å²) in [5, 5.41) is 7.10. The van der Waals surface area contributed by atoms with E-state index < -0.39 is 6.04 Å². The minimum atomic E-state index is -0.481. The first-order valence-corrected chi connectivity index (χ1v) is 8.55. The Bertz CT molecular complexity index is 796. The van der Waals surface area contributed by atoms with Crippen LogP contribution in [-0.4, -0.2) is 46.6 Å². The van der Waals surface area contributed by atoms with Gasteiger partial charge in [0, 0.05) is 11.3 Å². The molecule has 0 aliphatic heterocycles. The van der Waals surface area contributed by atoms with Gasteiger partial charge in [0.2, 0.25) is 5.75 Å². The van der Waals surface area contributed by atoms with Crippen molar-refractivity contribution in [1.82, 2.24) is 5.43 Å². The lowest BCUT2D eigenvalue weighted by molar-refractivity contribution is -0.121. The molecule has 2 aromatic carbocycles. The van der Waals surface area contributed by atoms with Crippen LogP contribution >= 0.6 is 0 Å². The standard InChI is InChI=1S/C20H25N3O5/c1-13(22-15-6-8-16(25-2)9-7-15)20(24)23-21-12-14-10-17(26-3)19(28-5)18(11-14)27-4/h6-13,22H,1-5H3,(H,23,24)/t13-/m1/s1. The third-order valence-electron chi connectivity index (χ3n) is 3.94. The number of nitrogens with zero attached hydrogens (tertiary/aromatic N) is 1. The van der Waals surface area contributed by atoms with Gasteiger partial charge < -0.3 is 24.3 Å². The number of benzene rings is 2. The van der Waals surface area contributed by atoms with E-state index in [9.17, 15) is 4.79 Å². The number of methoxy groups -OCH3 is 4. The largest absolute Gasteiger partial charge is 0.497 e. The number of amides is 1. The van der Waals surface area contributed by atoms with Gasteiger partial charge in [-0.3, -0.25) is 4.79 Å². The summed E-state index contributed by atoms with van der Waals surface area (Å²) in [6.07, 6.45) is 1.50. The fourth-order valence-electron chi connectivity index (χ4n) is 2.45. The molecular weight excluding hydrogens is 362 g/mol. The van der Waals surface area contributed by atoms with E-state index in [2.05, 4.69) is 15.8 Å². The number of hydrazone groups is 1. The van der Waals surface area contributed by atoms with Crippen LogP contribution in [0.3, 0.4) is 0 Å². The number of hydrogen-bond donors (Lipinski definition) is 2. The van der Waals surface area contributed by atoms with Gasteiger partial charge in [-0.2, -0.15) is 5.10 Å². The van der Waals surface area contributed by atoms with Gasteiger partial charge in [-0.05, 0) is 43.3 Å². The third kappa shape index (κ3) is 5.29. The van der Waals surface area contributed by atoms with Crippen LogP contribution < -0.4 is 29.7 Å². The SMILES string of the molecule is COc1ccc(N[C@H](C)C(=O)NN=Cc2cc(OC)c(OC)c(OC)c2)cc1. The second-order valence-electron chi connectivity index (χ2n) is 5.79. The third-order valence-corrected chi connectivity index (χ3v) is 3.94. The molecule has 0 saturated heterocycles. The molecule has 1 amide bonds. The van der Waals surface area contributed by atoms with Crippen LogP contribution in [0.1, 0.15) is 12.5 Å². The monoisotopic (exact) mass is 387 g/mol. The van der Waals surface area contributed by atoms with Crippen LogP contribution in [-0.2, 0) is 4.79 Å². The van der Waals surface area contributed by atoms with Crippen molar-refractivity contribution in [2.75, 3.05) is 33.8 Å². The van der Waals surface area contributed by atoms with Crippen molar-refractivity contribution < 1.29 is 23.7 Å². The highest BCUT2D eigenvalue weighted by molar-refractivity contribution is 5.87. The van der Waals surface area contributed by atoms with E-state index in [1.54, 1.807) is 26.2 Å². The molecule has 0 fully saturated rings. The van der Waals surface area contributed by atoms with Crippen LogP contribution in [0.2, 0.25) is 0 Å². The molecule has 0 aromatic heterocycles. The van der Waals surface area contributed by atoms with E-state index >= 15 is 0 Å². The molecule has 0 radical (unpaired) electrons. The Hall–Kier alpha value is -3.42. The molecule has 8 heteroatoms. The molecule has 150 valence electrons. The summed E-state index contributed by atoms with van der Waals surface area (Å²) in [6.45, 7) is 1.74. The molecule has 1 atom stereocenters. The minimum absolute atomic E-state index is 0.278. The van der Waals surface area contributed by atoms with E-state index in [4.69, 9.17) is 18.9 Å². The lowest BCUT2D eigenvalue weighted by Crippen LogP contribution is -2.34. The number of rotatable bonds is 9. The number of carbonyl (C=O) groups is 1. The molecule has 0 aliphatic rings. The summed E-state index contributed by atoms with van der Waals surface area (Å²) in [7, 11) is 6.20. The van der Waals surface area contributed by atoms with Gasteiger partial charge in [-0.1, -0.05) is 0 Å². The number of ether oxygens (including phenoxy) is 4. The van der Waals surface area contributed by atoms with Crippen molar-refractivity contribution in [3.05, 3.63) is 42.0 Å². The van der Waals surface area contributed by atoms with Crippen molar-refractivity contribution in [2.45, 2.75) is 13.0 Å². The summed E-state index contributed by atoms with van der Waals surface area (Å²) in [4.78, 5) is 12.2.